The monoisotopic (exact) mass is 324 g/mol. The summed E-state index contributed by atoms with van der Waals surface area (Å²) in [5.41, 5.74) is 1.58. The molecule has 0 bridgehead atoms. The summed E-state index contributed by atoms with van der Waals surface area (Å²) >= 11 is 17.8. The zero-order valence-electron chi connectivity index (χ0n) is 9.96. The fourth-order valence-corrected chi connectivity index (χ4v) is 2.18. The van der Waals surface area contributed by atoms with E-state index in [1.165, 1.54) is 0 Å². The van der Waals surface area contributed by atoms with E-state index < -0.39 is 0 Å². The van der Waals surface area contributed by atoms with Crippen molar-refractivity contribution in [3.05, 3.63) is 57.5 Å². The summed E-state index contributed by atoms with van der Waals surface area (Å²) in [4.78, 5) is 0. The van der Waals surface area contributed by atoms with E-state index in [9.17, 15) is 0 Å². The summed E-state index contributed by atoms with van der Waals surface area (Å²) in [7, 11) is 0. The molecule has 100 valence electrons. The second kappa shape index (κ2) is 5.40. The largest absolute Gasteiger partial charge is 0.193 e. The first-order valence-electron chi connectivity index (χ1n) is 5.65. The van der Waals surface area contributed by atoms with Gasteiger partial charge in [-0.3, -0.25) is 0 Å². The van der Waals surface area contributed by atoms with Gasteiger partial charge in [0, 0.05) is 10.6 Å². The first-order chi connectivity index (χ1) is 9.65. The Hall–Kier alpha value is -1.62. The molecule has 0 fully saturated rings. The van der Waals surface area contributed by atoms with Crippen LogP contribution in [-0.4, -0.2) is 20.2 Å². The van der Waals surface area contributed by atoms with Crippen LogP contribution in [0.3, 0.4) is 0 Å². The van der Waals surface area contributed by atoms with Crippen molar-refractivity contribution in [1.82, 2.24) is 20.2 Å². The van der Waals surface area contributed by atoms with Crippen molar-refractivity contribution in [2.75, 3.05) is 0 Å². The molecule has 0 N–H and O–H groups in total. The van der Waals surface area contributed by atoms with Crippen molar-refractivity contribution in [3.63, 3.8) is 0 Å². The van der Waals surface area contributed by atoms with E-state index in [2.05, 4.69) is 15.5 Å². The molecule has 0 aliphatic rings. The maximum absolute atomic E-state index is 6.02. The minimum atomic E-state index is 0.446. The molecule has 0 spiro atoms. The van der Waals surface area contributed by atoms with Gasteiger partial charge in [-0.2, -0.15) is 4.68 Å². The third-order valence-corrected chi connectivity index (χ3v) is 3.71. The topological polar surface area (TPSA) is 43.6 Å². The minimum Gasteiger partial charge on any atom is -0.193 e. The van der Waals surface area contributed by atoms with Crippen molar-refractivity contribution >= 4 is 34.8 Å². The average Bonchev–Trinajstić information content (AvgIpc) is 2.92. The molecule has 0 aliphatic heterocycles. The van der Waals surface area contributed by atoms with E-state index in [1.807, 2.05) is 12.1 Å². The lowest BCUT2D eigenvalue weighted by Gasteiger charge is -2.06. The van der Waals surface area contributed by atoms with Gasteiger partial charge in [-0.05, 0) is 52.9 Å². The van der Waals surface area contributed by atoms with Crippen LogP contribution in [0.5, 0.6) is 0 Å². The van der Waals surface area contributed by atoms with Crippen molar-refractivity contribution < 1.29 is 0 Å². The van der Waals surface area contributed by atoms with Crippen molar-refractivity contribution in [2.45, 2.75) is 0 Å². The van der Waals surface area contributed by atoms with Gasteiger partial charge in [0.15, 0.2) is 5.82 Å². The number of rotatable bonds is 2. The molecule has 4 nitrogen and oxygen atoms in total. The third-order valence-electron chi connectivity index (χ3n) is 2.72. The standard InChI is InChI=1S/C13H7Cl3N4/c14-9-3-1-8(2-4-9)13-17-18-19-20(13)10-5-6-11(15)12(16)7-10/h1-7H. The highest BCUT2D eigenvalue weighted by molar-refractivity contribution is 6.42. The minimum absolute atomic E-state index is 0.446. The molecule has 0 saturated heterocycles. The van der Waals surface area contributed by atoms with Crippen molar-refractivity contribution in [2.24, 2.45) is 0 Å². The number of nitrogens with zero attached hydrogens (tertiary/aromatic N) is 4. The summed E-state index contributed by atoms with van der Waals surface area (Å²) in [6.07, 6.45) is 0. The quantitative estimate of drug-likeness (QED) is 0.706. The van der Waals surface area contributed by atoms with Crippen LogP contribution in [0, 0.1) is 0 Å². The number of hydrogen-bond donors (Lipinski definition) is 0. The fraction of sp³-hybridized carbons (Fsp3) is 0. The Morgan fingerprint density at radius 2 is 1.60 bits per heavy atom. The normalized spacial score (nSPS) is 10.8. The lowest BCUT2D eigenvalue weighted by atomic mass is 10.2. The number of halogens is 3. The molecule has 7 heteroatoms. The highest BCUT2D eigenvalue weighted by Gasteiger charge is 2.11. The van der Waals surface area contributed by atoms with E-state index in [4.69, 9.17) is 34.8 Å². The van der Waals surface area contributed by atoms with Gasteiger partial charge < -0.3 is 0 Å². The zero-order chi connectivity index (χ0) is 14.1. The van der Waals surface area contributed by atoms with E-state index in [0.29, 0.717) is 20.9 Å². The van der Waals surface area contributed by atoms with Crippen LogP contribution in [0.4, 0.5) is 0 Å². The van der Waals surface area contributed by atoms with Gasteiger partial charge in [0.25, 0.3) is 0 Å². The number of tetrazole rings is 1. The van der Waals surface area contributed by atoms with Crippen LogP contribution in [0.2, 0.25) is 15.1 Å². The summed E-state index contributed by atoms with van der Waals surface area (Å²) in [6, 6.07) is 12.5. The highest BCUT2D eigenvalue weighted by Crippen LogP contribution is 2.26. The Balaban J connectivity index is 2.10. The second-order valence-electron chi connectivity index (χ2n) is 4.02. The predicted molar refractivity (Wildman–Crippen MR) is 79.6 cm³/mol. The fourth-order valence-electron chi connectivity index (χ4n) is 1.76. The van der Waals surface area contributed by atoms with Crippen molar-refractivity contribution in [1.29, 1.82) is 0 Å². The molecule has 0 atom stereocenters. The Bertz CT molecular complexity index is 753. The van der Waals surface area contributed by atoms with Gasteiger partial charge in [-0.15, -0.1) is 5.10 Å². The molecule has 0 aliphatic carbocycles. The summed E-state index contributed by atoms with van der Waals surface area (Å²) in [5.74, 6) is 0.597. The van der Waals surface area contributed by atoms with Gasteiger partial charge in [0.2, 0.25) is 0 Å². The first-order valence-corrected chi connectivity index (χ1v) is 6.78. The smallest absolute Gasteiger partial charge is 0.187 e. The number of aromatic nitrogens is 4. The molecule has 2 aromatic carbocycles. The number of benzene rings is 2. The summed E-state index contributed by atoms with van der Waals surface area (Å²) in [5, 5.41) is 13.3. The molecule has 0 unspecified atom stereocenters. The summed E-state index contributed by atoms with van der Waals surface area (Å²) < 4.78 is 1.59. The maximum Gasteiger partial charge on any atom is 0.187 e. The predicted octanol–water partition coefficient (Wildman–Crippen LogP) is 4.29. The molecule has 0 amide bonds. The number of hydrogen-bond acceptors (Lipinski definition) is 3. The second-order valence-corrected chi connectivity index (χ2v) is 5.27. The van der Waals surface area contributed by atoms with Crippen LogP contribution in [0.25, 0.3) is 17.1 Å². The van der Waals surface area contributed by atoms with Crippen LogP contribution >= 0.6 is 34.8 Å². The van der Waals surface area contributed by atoms with E-state index >= 15 is 0 Å². The van der Waals surface area contributed by atoms with Crippen LogP contribution in [-0.2, 0) is 0 Å². The Labute approximate surface area is 129 Å². The van der Waals surface area contributed by atoms with Gasteiger partial charge in [0.1, 0.15) is 0 Å². The lowest BCUT2D eigenvalue weighted by Crippen LogP contribution is -1.99. The molecular weight excluding hydrogens is 319 g/mol. The van der Waals surface area contributed by atoms with Gasteiger partial charge in [-0.25, -0.2) is 0 Å². The van der Waals surface area contributed by atoms with Crippen LogP contribution in [0.15, 0.2) is 42.5 Å². The van der Waals surface area contributed by atoms with Crippen LogP contribution in [0.1, 0.15) is 0 Å². The molecule has 0 saturated carbocycles. The van der Waals surface area contributed by atoms with Crippen molar-refractivity contribution in [3.8, 4) is 17.1 Å². The molecule has 0 radical (unpaired) electrons. The highest BCUT2D eigenvalue weighted by atomic mass is 35.5. The Kier molecular flexibility index (Phi) is 3.61. The summed E-state index contributed by atoms with van der Waals surface area (Å²) in [6.45, 7) is 0. The van der Waals surface area contributed by atoms with Gasteiger partial charge in [0.05, 0.1) is 15.7 Å². The van der Waals surface area contributed by atoms with E-state index in [-0.39, 0.29) is 0 Å². The molecule has 20 heavy (non-hydrogen) atoms. The van der Waals surface area contributed by atoms with Gasteiger partial charge in [-0.1, -0.05) is 34.8 Å². The van der Waals surface area contributed by atoms with Crippen LogP contribution < -0.4 is 0 Å². The van der Waals surface area contributed by atoms with E-state index in [1.54, 1.807) is 35.0 Å². The third kappa shape index (κ3) is 2.50. The SMILES string of the molecule is Clc1ccc(-c2nnnn2-c2ccc(Cl)c(Cl)c2)cc1. The maximum atomic E-state index is 6.02. The molecular formula is C13H7Cl3N4. The Morgan fingerprint density at radius 3 is 2.30 bits per heavy atom. The first kappa shape index (κ1) is 13.4. The molecule has 1 aromatic heterocycles. The molecule has 3 rings (SSSR count). The lowest BCUT2D eigenvalue weighted by molar-refractivity contribution is 0.791. The molecule has 1 heterocycles. The zero-order valence-corrected chi connectivity index (χ0v) is 12.2. The van der Waals surface area contributed by atoms with Gasteiger partial charge >= 0.3 is 0 Å². The van der Waals surface area contributed by atoms with E-state index in [0.717, 1.165) is 11.3 Å². The Morgan fingerprint density at radius 1 is 0.850 bits per heavy atom. The average molecular weight is 326 g/mol. The molecule has 3 aromatic rings.